The number of pyridine rings is 1. The predicted octanol–water partition coefficient (Wildman–Crippen LogP) is 1.73. The molecule has 1 fully saturated rings. The molecule has 1 aliphatic heterocycles. The van der Waals surface area contributed by atoms with Gasteiger partial charge in [0.05, 0.1) is 0 Å². The molecule has 0 saturated carbocycles. The summed E-state index contributed by atoms with van der Waals surface area (Å²) < 4.78 is 18.0. The number of carbonyl (C=O) groups excluding carboxylic acids is 2. The van der Waals surface area contributed by atoms with Crippen LogP contribution in [0.25, 0.3) is 0 Å². The maximum atomic E-state index is 13.0. The van der Waals surface area contributed by atoms with Gasteiger partial charge >= 0.3 is 5.97 Å². The molecule has 1 saturated heterocycles. The third kappa shape index (κ3) is 4.32. The Morgan fingerprint density at radius 3 is 2.40 bits per heavy atom. The van der Waals surface area contributed by atoms with Crippen LogP contribution in [0.15, 0.2) is 48.7 Å². The second kappa shape index (κ2) is 7.74. The van der Waals surface area contributed by atoms with E-state index in [2.05, 4.69) is 9.88 Å². The SMILES string of the molecule is O=C(OCC(=O)N1CCN(c2ccc(F)cc2)CC1)c1ccccn1. The van der Waals surface area contributed by atoms with Crippen LogP contribution in [0, 0.1) is 5.82 Å². The largest absolute Gasteiger partial charge is 0.451 e. The van der Waals surface area contributed by atoms with Crippen molar-refractivity contribution in [3.63, 3.8) is 0 Å². The molecule has 0 aliphatic carbocycles. The Bertz CT molecular complexity index is 729. The Labute approximate surface area is 144 Å². The summed E-state index contributed by atoms with van der Waals surface area (Å²) in [5.41, 5.74) is 1.10. The van der Waals surface area contributed by atoms with Gasteiger partial charge in [-0.2, -0.15) is 0 Å². The zero-order valence-corrected chi connectivity index (χ0v) is 13.6. The Balaban J connectivity index is 1.47. The lowest BCUT2D eigenvalue weighted by atomic mass is 10.2. The summed E-state index contributed by atoms with van der Waals surface area (Å²) in [5.74, 6) is -1.12. The van der Waals surface area contributed by atoms with Gasteiger partial charge in [0.1, 0.15) is 11.5 Å². The molecule has 7 heteroatoms. The number of esters is 1. The van der Waals surface area contributed by atoms with E-state index in [1.807, 2.05) is 0 Å². The van der Waals surface area contributed by atoms with E-state index in [1.54, 1.807) is 29.2 Å². The standard InChI is InChI=1S/C18H18FN3O3/c19-14-4-6-15(7-5-14)21-9-11-22(12-10-21)17(23)13-25-18(24)16-3-1-2-8-20-16/h1-8H,9-13H2. The van der Waals surface area contributed by atoms with Crippen LogP contribution in [0.2, 0.25) is 0 Å². The van der Waals surface area contributed by atoms with Crippen LogP contribution >= 0.6 is 0 Å². The van der Waals surface area contributed by atoms with E-state index < -0.39 is 5.97 Å². The summed E-state index contributed by atoms with van der Waals surface area (Å²) in [4.78, 5) is 31.6. The lowest BCUT2D eigenvalue weighted by Gasteiger charge is -2.36. The number of hydrogen-bond donors (Lipinski definition) is 0. The first-order valence-corrected chi connectivity index (χ1v) is 8.00. The molecule has 0 atom stereocenters. The number of ether oxygens (including phenoxy) is 1. The van der Waals surface area contributed by atoms with E-state index in [4.69, 9.17) is 4.74 Å². The zero-order valence-electron chi connectivity index (χ0n) is 13.6. The average Bonchev–Trinajstić information content (AvgIpc) is 2.67. The van der Waals surface area contributed by atoms with Gasteiger partial charge in [-0.15, -0.1) is 0 Å². The number of benzene rings is 1. The summed E-state index contributed by atoms with van der Waals surface area (Å²) in [7, 11) is 0. The summed E-state index contributed by atoms with van der Waals surface area (Å²) in [6.45, 7) is 2.04. The molecule has 1 aliphatic rings. The number of piperazine rings is 1. The molecule has 0 bridgehead atoms. The number of amides is 1. The van der Waals surface area contributed by atoms with Crippen molar-refractivity contribution in [1.82, 2.24) is 9.88 Å². The van der Waals surface area contributed by atoms with E-state index in [0.29, 0.717) is 26.2 Å². The summed E-state index contributed by atoms with van der Waals surface area (Å²) in [6.07, 6.45) is 1.49. The summed E-state index contributed by atoms with van der Waals surface area (Å²) in [6, 6.07) is 11.2. The molecule has 3 rings (SSSR count). The monoisotopic (exact) mass is 343 g/mol. The molecule has 0 unspecified atom stereocenters. The van der Waals surface area contributed by atoms with Crippen LogP contribution < -0.4 is 4.90 Å². The van der Waals surface area contributed by atoms with Gasteiger partial charge in [0.2, 0.25) is 0 Å². The molecule has 2 heterocycles. The molecule has 0 N–H and O–H groups in total. The Morgan fingerprint density at radius 2 is 1.76 bits per heavy atom. The highest BCUT2D eigenvalue weighted by Crippen LogP contribution is 2.17. The number of aromatic nitrogens is 1. The molecule has 25 heavy (non-hydrogen) atoms. The van der Waals surface area contributed by atoms with E-state index in [0.717, 1.165) is 5.69 Å². The lowest BCUT2D eigenvalue weighted by molar-refractivity contribution is -0.134. The minimum atomic E-state index is -0.612. The van der Waals surface area contributed by atoms with Crippen LogP contribution in [0.3, 0.4) is 0 Å². The summed E-state index contributed by atoms with van der Waals surface area (Å²) >= 11 is 0. The summed E-state index contributed by atoms with van der Waals surface area (Å²) in [5, 5.41) is 0. The van der Waals surface area contributed by atoms with Crippen LogP contribution in [-0.4, -0.2) is 54.5 Å². The van der Waals surface area contributed by atoms with Gasteiger partial charge in [-0.1, -0.05) is 6.07 Å². The van der Waals surface area contributed by atoms with Crippen molar-refractivity contribution < 1.29 is 18.7 Å². The lowest BCUT2D eigenvalue weighted by Crippen LogP contribution is -2.49. The fraction of sp³-hybridized carbons (Fsp3) is 0.278. The normalized spacial score (nSPS) is 14.3. The van der Waals surface area contributed by atoms with Gasteiger partial charge in [-0.25, -0.2) is 14.2 Å². The van der Waals surface area contributed by atoms with Crippen molar-refractivity contribution in [2.45, 2.75) is 0 Å². The minimum Gasteiger partial charge on any atom is -0.451 e. The maximum absolute atomic E-state index is 13.0. The number of rotatable bonds is 4. The molecular formula is C18H18FN3O3. The first-order valence-electron chi connectivity index (χ1n) is 8.00. The van der Waals surface area contributed by atoms with Crippen molar-refractivity contribution in [3.05, 3.63) is 60.2 Å². The zero-order chi connectivity index (χ0) is 17.6. The van der Waals surface area contributed by atoms with Crippen LogP contribution in [0.5, 0.6) is 0 Å². The second-order valence-electron chi connectivity index (χ2n) is 5.64. The average molecular weight is 343 g/mol. The molecular weight excluding hydrogens is 325 g/mol. The number of halogens is 1. The van der Waals surface area contributed by atoms with Crippen molar-refractivity contribution in [1.29, 1.82) is 0 Å². The van der Waals surface area contributed by atoms with E-state index in [-0.39, 0.29) is 24.0 Å². The minimum absolute atomic E-state index is 0.177. The highest BCUT2D eigenvalue weighted by molar-refractivity contribution is 5.89. The third-order valence-corrected chi connectivity index (χ3v) is 4.02. The van der Waals surface area contributed by atoms with E-state index in [1.165, 1.54) is 24.4 Å². The fourth-order valence-electron chi connectivity index (χ4n) is 2.64. The molecule has 130 valence electrons. The van der Waals surface area contributed by atoms with Crippen molar-refractivity contribution in [2.75, 3.05) is 37.7 Å². The molecule has 1 amide bonds. The van der Waals surface area contributed by atoms with Gasteiger partial charge < -0.3 is 14.5 Å². The molecule has 0 spiro atoms. The third-order valence-electron chi connectivity index (χ3n) is 4.02. The topological polar surface area (TPSA) is 62.7 Å². The van der Waals surface area contributed by atoms with Gasteiger partial charge in [0.25, 0.3) is 5.91 Å². The number of anilines is 1. The molecule has 2 aromatic rings. The van der Waals surface area contributed by atoms with Crippen molar-refractivity contribution in [3.8, 4) is 0 Å². The van der Waals surface area contributed by atoms with Gasteiger partial charge in [0, 0.05) is 38.1 Å². The molecule has 0 radical (unpaired) electrons. The van der Waals surface area contributed by atoms with Gasteiger partial charge in [0.15, 0.2) is 6.61 Å². The van der Waals surface area contributed by atoms with Crippen LogP contribution in [-0.2, 0) is 9.53 Å². The smallest absolute Gasteiger partial charge is 0.357 e. The van der Waals surface area contributed by atoms with E-state index >= 15 is 0 Å². The Hall–Kier alpha value is -2.96. The van der Waals surface area contributed by atoms with Crippen LogP contribution in [0.4, 0.5) is 10.1 Å². The van der Waals surface area contributed by atoms with E-state index in [9.17, 15) is 14.0 Å². The molecule has 1 aromatic carbocycles. The maximum Gasteiger partial charge on any atom is 0.357 e. The Morgan fingerprint density at radius 1 is 1.04 bits per heavy atom. The van der Waals surface area contributed by atoms with Crippen molar-refractivity contribution >= 4 is 17.6 Å². The molecule has 1 aromatic heterocycles. The predicted molar refractivity (Wildman–Crippen MR) is 89.7 cm³/mol. The van der Waals surface area contributed by atoms with Gasteiger partial charge in [-0.3, -0.25) is 4.79 Å². The quantitative estimate of drug-likeness (QED) is 0.791. The number of nitrogens with zero attached hydrogens (tertiary/aromatic N) is 3. The van der Waals surface area contributed by atoms with Gasteiger partial charge in [-0.05, 0) is 36.4 Å². The number of hydrogen-bond acceptors (Lipinski definition) is 5. The Kier molecular flexibility index (Phi) is 5.23. The van der Waals surface area contributed by atoms with Crippen LogP contribution in [0.1, 0.15) is 10.5 Å². The highest BCUT2D eigenvalue weighted by atomic mass is 19.1. The fourth-order valence-corrected chi connectivity index (χ4v) is 2.64. The second-order valence-corrected chi connectivity index (χ2v) is 5.64. The van der Waals surface area contributed by atoms with Crippen molar-refractivity contribution in [2.24, 2.45) is 0 Å². The first-order chi connectivity index (χ1) is 12.1. The first kappa shape index (κ1) is 16.9. The number of carbonyl (C=O) groups is 2. The highest BCUT2D eigenvalue weighted by Gasteiger charge is 2.22. The molecule has 6 nitrogen and oxygen atoms in total.